The van der Waals surface area contributed by atoms with Gasteiger partial charge < -0.3 is 20.1 Å². The summed E-state index contributed by atoms with van der Waals surface area (Å²) in [6.07, 6.45) is 0. The van der Waals surface area contributed by atoms with Crippen molar-refractivity contribution in [1.82, 2.24) is 5.32 Å². The summed E-state index contributed by atoms with van der Waals surface area (Å²) in [6, 6.07) is 14.2. The number of carbonyl (C=O) groups excluding carboxylic acids is 3. The number of esters is 1. The van der Waals surface area contributed by atoms with Crippen LogP contribution in [-0.2, 0) is 14.3 Å². The normalized spacial score (nSPS) is 10.3. The van der Waals surface area contributed by atoms with Crippen molar-refractivity contribution < 1.29 is 23.9 Å². The number of hydrogen-bond donors (Lipinski definition) is 2. The number of rotatable bonds is 9. The number of benzene rings is 2. The summed E-state index contributed by atoms with van der Waals surface area (Å²) in [4.78, 5) is 36.0. The second-order valence-corrected chi connectivity index (χ2v) is 6.60. The summed E-state index contributed by atoms with van der Waals surface area (Å²) in [5.41, 5.74) is 2.11. The Labute approximate surface area is 170 Å². The van der Waals surface area contributed by atoms with E-state index in [9.17, 15) is 14.4 Å². The number of nitrogens with one attached hydrogen (secondary N) is 2. The molecule has 0 saturated heterocycles. The van der Waals surface area contributed by atoms with Gasteiger partial charge in [0.15, 0.2) is 6.61 Å². The van der Waals surface area contributed by atoms with Gasteiger partial charge >= 0.3 is 5.97 Å². The zero-order valence-electron chi connectivity index (χ0n) is 16.9. The Morgan fingerprint density at radius 1 is 1.00 bits per heavy atom. The molecule has 0 heterocycles. The van der Waals surface area contributed by atoms with Crippen LogP contribution in [0.3, 0.4) is 0 Å². The van der Waals surface area contributed by atoms with Crippen LogP contribution in [0.15, 0.2) is 48.5 Å². The summed E-state index contributed by atoms with van der Waals surface area (Å²) in [7, 11) is 0. The molecule has 0 aliphatic heterocycles. The number of ether oxygens (including phenoxy) is 2. The van der Waals surface area contributed by atoms with Crippen LogP contribution in [0, 0.1) is 0 Å². The Hall–Kier alpha value is -3.35. The predicted molar refractivity (Wildman–Crippen MR) is 110 cm³/mol. The van der Waals surface area contributed by atoms with E-state index in [1.807, 2.05) is 19.1 Å². The molecule has 154 valence electrons. The quantitative estimate of drug-likeness (QED) is 0.633. The average molecular weight is 398 g/mol. The van der Waals surface area contributed by atoms with E-state index in [1.165, 1.54) is 0 Å². The fraction of sp³-hybridized carbons (Fsp3) is 0.318. The van der Waals surface area contributed by atoms with Crippen LogP contribution in [0.4, 0.5) is 5.69 Å². The molecule has 7 heteroatoms. The van der Waals surface area contributed by atoms with E-state index in [0.29, 0.717) is 29.5 Å². The molecule has 0 aliphatic carbocycles. The second-order valence-electron chi connectivity index (χ2n) is 6.60. The van der Waals surface area contributed by atoms with Crippen molar-refractivity contribution >= 4 is 23.5 Å². The standard InChI is InChI=1S/C22H26N2O5/c1-4-28-19-8-6-5-7-18(19)22(27)23-13-21(26)29-14-20(25)24-17-11-9-16(10-12-17)15(2)3/h5-12,15H,4,13-14H2,1-3H3,(H,23,27)(H,24,25). The Balaban J connectivity index is 1.76. The third kappa shape index (κ3) is 6.95. The maximum Gasteiger partial charge on any atom is 0.325 e. The average Bonchev–Trinajstić information content (AvgIpc) is 2.71. The SMILES string of the molecule is CCOc1ccccc1C(=O)NCC(=O)OCC(=O)Nc1ccc(C(C)C)cc1. The molecule has 0 fully saturated rings. The topological polar surface area (TPSA) is 93.7 Å². The van der Waals surface area contributed by atoms with Gasteiger partial charge in [0.2, 0.25) is 0 Å². The molecular formula is C22H26N2O5. The summed E-state index contributed by atoms with van der Waals surface area (Å²) in [5, 5.41) is 5.12. The fourth-order valence-corrected chi connectivity index (χ4v) is 2.53. The Bertz CT molecular complexity index is 847. The molecule has 0 aliphatic rings. The smallest absolute Gasteiger partial charge is 0.325 e. The molecule has 0 bridgehead atoms. The number of carbonyl (C=O) groups is 3. The first-order chi connectivity index (χ1) is 13.9. The fourth-order valence-electron chi connectivity index (χ4n) is 2.53. The van der Waals surface area contributed by atoms with Gasteiger partial charge in [-0.15, -0.1) is 0 Å². The van der Waals surface area contributed by atoms with Gasteiger partial charge in [0.1, 0.15) is 12.3 Å². The largest absolute Gasteiger partial charge is 0.493 e. The van der Waals surface area contributed by atoms with Crippen LogP contribution < -0.4 is 15.4 Å². The van der Waals surface area contributed by atoms with E-state index in [1.54, 1.807) is 36.4 Å². The Morgan fingerprint density at radius 2 is 1.69 bits per heavy atom. The highest BCUT2D eigenvalue weighted by Crippen LogP contribution is 2.18. The van der Waals surface area contributed by atoms with Crippen LogP contribution in [0.5, 0.6) is 5.75 Å². The lowest BCUT2D eigenvalue weighted by Gasteiger charge is -2.11. The molecule has 0 spiro atoms. The molecule has 2 amide bonds. The first kappa shape index (κ1) is 21.9. The van der Waals surface area contributed by atoms with Crippen molar-refractivity contribution in [2.24, 2.45) is 0 Å². The van der Waals surface area contributed by atoms with E-state index in [2.05, 4.69) is 24.5 Å². The van der Waals surface area contributed by atoms with Crippen LogP contribution in [0.25, 0.3) is 0 Å². The molecule has 2 aromatic rings. The highest BCUT2D eigenvalue weighted by molar-refractivity contribution is 5.98. The molecule has 29 heavy (non-hydrogen) atoms. The minimum absolute atomic E-state index is 0.324. The lowest BCUT2D eigenvalue weighted by Crippen LogP contribution is -2.32. The molecule has 0 unspecified atom stereocenters. The van der Waals surface area contributed by atoms with E-state index in [0.717, 1.165) is 5.56 Å². The van der Waals surface area contributed by atoms with Crippen molar-refractivity contribution in [2.45, 2.75) is 26.7 Å². The van der Waals surface area contributed by atoms with Gasteiger partial charge in [-0.25, -0.2) is 0 Å². The van der Waals surface area contributed by atoms with E-state index in [4.69, 9.17) is 9.47 Å². The zero-order valence-corrected chi connectivity index (χ0v) is 16.9. The second kappa shape index (κ2) is 10.8. The van der Waals surface area contributed by atoms with Crippen molar-refractivity contribution in [1.29, 1.82) is 0 Å². The van der Waals surface area contributed by atoms with Gasteiger partial charge in [-0.05, 0) is 42.7 Å². The first-order valence-electron chi connectivity index (χ1n) is 9.46. The monoisotopic (exact) mass is 398 g/mol. The maximum absolute atomic E-state index is 12.2. The number of amides is 2. The van der Waals surface area contributed by atoms with Crippen molar-refractivity contribution in [3.05, 3.63) is 59.7 Å². The highest BCUT2D eigenvalue weighted by Gasteiger charge is 2.14. The molecule has 0 radical (unpaired) electrons. The molecule has 0 atom stereocenters. The van der Waals surface area contributed by atoms with Gasteiger partial charge in [-0.1, -0.05) is 38.1 Å². The number of hydrogen-bond acceptors (Lipinski definition) is 5. The lowest BCUT2D eigenvalue weighted by molar-refractivity contribution is -0.146. The lowest BCUT2D eigenvalue weighted by atomic mass is 10.0. The molecule has 0 saturated carbocycles. The summed E-state index contributed by atoms with van der Waals surface area (Å²) < 4.78 is 10.3. The molecule has 2 N–H and O–H groups in total. The van der Waals surface area contributed by atoms with E-state index >= 15 is 0 Å². The first-order valence-corrected chi connectivity index (χ1v) is 9.46. The number of anilines is 1. The van der Waals surface area contributed by atoms with Gasteiger partial charge in [-0.2, -0.15) is 0 Å². The molecule has 7 nitrogen and oxygen atoms in total. The Morgan fingerprint density at radius 3 is 2.34 bits per heavy atom. The maximum atomic E-state index is 12.2. The minimum atomic E-state index is -0.711. The van der Waals surface area contributed by atoms with Crippen LogP contribution in [0.2, 0.25) is 0 Å². The van der Waals surface area contributed by atoms with Gasteiger partial charge in [0, 0.05) is 5.69 Å². The van der Waals surface area contributed by atoms with E-state index in [-0.39, 0.29) is 6.54 Å². The van der Waals surface area contributed by atoms with Crippen molar-refractivity contribution in [3.63, 3.8) is 0 Å². The molecule has 2 aromatic carbocycles. The summed E-state index contributed by atoms with van der Waals surface area (Å²) in [6.45, 7) is 5.62. The van der Waals surface area contributed by atoms with Gasteiger partial charge in [-0.3, -0.25) is 14.4 Å². The van der Waals surface area contributed by atoms with Crippen LogP contribution in [-0.4, -0.2) is 37.5 Å². The van der Waals surface area contributed by atoms with Crippen LogP contribution >= 0.6 is 0 Å². The van der Waals surface area contributed by atoms with Crippen molar-refractivity contribution in [3.8, 4) is 5.75 Å². The molecular weight excluding hydrogens is 372 g/mol. The Kier molecular flexibility index (Phi) is 8.21. The molecule has 2 rings (SSSR count). The van der Waals surface area contributed by atoms with Gasteiger partial charge in [0.05, 0.1) is 12.2 Å². The zero-order chi connectivity index (χ0) is 21.2. The molecule has 0 aromatic heterocycles. The van der Waals surface area contributed by atoms with Crippen molar-refractivity contribution in [2.75, 3.05) is 25.1 Å². The van der Waals surface area contributed by atoms with Gasteiger partial charge in [0.25, 0.3) is 11.8 Å². The highest BCUT2D eigenvalue weighted by atomic mass is 16.5. The summed E-state index contributed by atoms with van der Waals surface area (Å²) >= 11 is 0. The third-order valence-corrected chi connectivity index (χ3v) is 4.05. The number of para-hydroxylation sites is 1. The van der Waals surface area contributed by atoms with E-state index < -0.39 is 24.4 Å². The van der Waals surface area contributed by atoms with Crippen LogP contribution in [0.1, 0.15) is 42.6 Å². The third-order valence-electron chi connectivity index (χ3n) is 4.05. The predicted octanol–water partition coefficient (Wildman–Crippen LogP) is 3.12. The minimum Gasteiger partial charge on any atom is -0.493 e. The summed E-state index contributed by atoms with van der Waals surface area (Å²) in [5.74, 6) is -0.790.